The van der Waals surface area contributed by atoms with Gasteiger partial charge in [0, 0.05) is 37.8 Å². The molecule has 0 atom stereocenters. The Morgan fingerprint density at radius 2 is 1.79 bits per heavy atom. The molecule has 2 aromatic heterocycles. The van der Waals surface area contributed by atoms with Crippen molar-refractivity contribution in [3.05, 3.63) is 59.3 Å². The molecule has 0 saturated carbocycles. The Bertz CT molecular complexity index is 750. The van der Waals surface area contributed by atoms with Gasteiger partial charge in [0.1, 0.15) is 0 Å². The van der Waals surface area contributed by atoms with Crippen molar-refractivity contribution >= 4 is 16.5 Å². The third-order valence-electron chi connectivity index (χ3n) is 4.13. The molecular weight excluding hydrogens is 322 g/mol. The van der Waals surface area contributed by atoms with Crippen LogP contribution >= 0.6 is 11.3 Å². The van der Waals surface area contributed by atoms with Crippen molar-refractivity contribution in [2.75, 3.05) is 31.1 Å². The summed E-state index contributed by atoms with van der Waals surface area (Å²) in [6.07, 6.45) is 2.55. The smallest absolute Gasteiger partial charge is 0.230 e. The van der Waals surface area contributed by atoms with E-state index < -0.39 is 0 Å². The number of aromatic nitrogens is 3. The molecule has 1 fully saturated rings. The van der Waals surface area contributed by atoms with Gasteiger partial charge in [0.2, 0.25) is 11.8 Å². The lowest BCUT2D eigenvalue weighted by Crippen LogP contribution is -2.46. The standard InChI is InChI=1S/C17H19N5OS/c1-2-4-14(5-3-1)12-15-19-20-16(23-15)13-21-7-9-22(10-8-21)17-18-6-11-24-17/h1-6,11H,7-10,12-13H2. The van der Waals surface area contributed by atoms with Crippen molar-refractivity contribution in [2.24, 2.45) is 0 Å². The first kappa shape index (κ1) is 15.3. The maximum Gasteiger partial charge on any atom is 0.230 e. The number of hydrogen-bond donors (Lipinski definition) is 0. The van der Waals surface area contributed by atoms with Gasteiger partial charge in [-0.2, -0.15) is 0 Å². The first-order chi connectivity index (χ1) is 11.9. The van der Waals surface area contributed by atoms with Gasteiger partial charge >= 0.3 is 0 Å². The molecular formula is C17H19N5OS. The highest BCUT2D eigenvalue weighted by atomic mass is 32.1. The van der Waals surface area contributed by atoms with E-state index in [-0.39, 0.29) is 0 Å². The Kier molecular flexibility index (Phi) is 4.53. The Morgan fingerprint density at radius 1 is 1.00 bits per heavy atom. The molecule has 0 aliphatic carbocycles. The largest absolute Gasteiger partial charge is 0.424 e. The minimum atomic E-state index is 0.678. The Balaban J connectivity index is 1.30. The first-order valence-corrected chi connectivity index (χ1v) is 8.97. The van der Waals surface area contributed by atoms with Crippen LogP contribution in [-0.4, -0.2) is 46.3 Å². The number of hydrogen-bond acceptors (Lipinski definition) is 7. The van der Waals surface area contributed by atoms with Crippen molar-refractivity contribution in [1.29, 1.82) is 0 Å². The zero-order valence-corrected chi connectivity index (χ0v) is 14.2. The van der Waals surface area contributed by atoms with Gasteiger partial charge in [0.25, 0.3) is 0 Å². The molecule has 0 radical (unpaired) electrons. The predicted octanol–water partition coefficient (Wildman–Crippen LogP) is 2.44. The lowest BCUT2D eigenvalue weighted by molar-refractivity contribution is 0.224. The Morgan fingerprint density at radius 3 is 2.54 bits per heavy atom. The summed E-state index contributed by atoms with van der Waals surface area (Å²) in [6, 6.07) is 10.2. The van der Waals surface area contributed by atoms with Crippen LogP contribution in [-0.2, 0) is 13.0 Å². The Labute approximate surface area is 144 Å². The van der Waals surface area contributed by atoms with Crippen LogP contribution in [0, 0.1) is 0 Å². The summed E-state index contributed by atoms with van der Waals surface area (Å²) in [6.45, 7) is 4.65. The van der Waals surface area contributed by atoms with E-state index in [1.54, 1.807) is 11.3 Å². The van der Waals surface area contributed by atoms with E-state index in [0.717, 1.165) is 31.3 Å². The van der Waals surface area contributed by atoms with Crippen molar-refractivity contribution in [1.82, 2.24) is 20.1 Å². The maximum absolute atomic E-state index is 5.80. The fourth-order valence-electron chi connectivity index (χ4n) is 2.85. The monoisotopic (exact) mass is 341 g/mol. The molecule has 1 aromatic carbocycles. The second-order valence-corrected chi connectivity index (χ2v) is 6.70. The van der Waals surface area contributed by atoms with Crippen molar-refractivity contribution in [2.45, 2.75) is 13.0 Å². The van der Waals surface area contributed by atoms with Crippen LogP contribution in [0.5, 0.6) is 0 Å². The normalized spacial score (nSPS) is 15.8. The molecule has 0 unspecified atom stereocenters. The molecule has 3 aromatic rings. The molecule has 4 rings (SSSR count). The zero-order chi connectivity index (χ0) is 16.2. The molecule has 3 heterocycles. The average Bonchev–Trinajstić information content (AvgIpc) is 3.29. The van der Waals surface area contributed by atoms with Gasteiger partial charge in [-0.1, -0.05) is 30.3 Å². The molecule has 6 nitrogen and oxygen atoms in total. The maximum atomic E-state index is 5.80. The highest BCUT2D eigenvalue weighted by molar-refractivity contribution is 7.13. The SMILES string of the molecule is c1ccc(Cc2nnc(CN3CCN(c4nccs4)CC3)o2)cc1. The molecule has 1 aliphatic rings. The Hall–Kier alpha value is -2.25. The molecule has 0 bridgehead atoms. The van der Waals surface area contributed by atoms with Crippen LogP contribution in [0.2, 0.25) is 0 Å². The van der Waals surface area contributed by atoms with E-state index in [2.05, 4.69) is 37.1 Å². The summed E-state index contributed by atoms with van der Waals surface area (Å²) in [5.41, 5.74) is 1.18. The third kappa shape index (κ3) is 3.63. The van der Waals surface area contributed by atoms with Crippen LogP contribution in [0.1, 0.15) is 17.3 Å². The molecule has 1 aliphatic heterocycles. The average molecular weight is 341 g/mol. The van der Waals surface area contributed by atoms with Gasteiger partial charge in [0.15, 0.2) is 5.13 Å². The van der Waals surface area contributed by atoms with Crippen molar-refractivity contribution in [3.63, 3.8) is 0 Å². The van der Waals surface area contributed by atoms with Gasteiger partial charge in [-0.15, -0.1) is 21.5 Å². The van der Waals surface area contributed by atoms with Crippen molar-refractivity contribution < 1.29 is 4.42 Å². The molecule has 0 amide bonds. The fourth-order valence-corrected chi connectivity index (χ4v) is 3.55. The predicted molar refractivity (Wildman–Crippen MR) is 93.2 cm³/mol. The minimum Gasteiger partial charge on any atom is -0.424 e. The van der Waals surface area contributed by atoms with Crippen molar-refractivity contribution in [3.8, 4) is 0 Å². The van der Waals surface area contributed by atoms with Gasteiger partial charge < -0.3 is 9.32 Å². The highest BCUT2D eigenvalue weighted by Gasteiger charge is 2.20. The van der Waals surface area contributed by atoms with E-state index in [0.29, 0.717) is 24.7 Å². The summed E-state index contributed by atoms with van der Waals surface area (Å²) in [5.74, 6) is 1.38. The molecule has 124 valence electrons. The van der Waals surface area contributed by atoms with Crippen LogP contribution in [0.4, 0.5) is 5.13 Å². The number of anilines is 1. The second-order valence-electron chi connectivity index (χ2n) is 5.83. The van der Waals surface area contributed by atoms with E-state index in [4.69, 9.17) is 4.42 Å². The van der Waals surface area contributed by atoms with Gasteiger partial charge in [-0.3, -0.25) is 4.90 Å². The van der Waals surface area contributed by atoms with E-state index in [1.807, 2.05) is 29.8 Å². The number of piperazine rings is 1. The van der Waals surface area contributed by atoms with Gasteiger partial charge in [-0.25, -0.2) is 4.98 Å². The lowest BCUT2D eigenvalue weighted by atomic mass is 10.2. The third-order valence-corrected chi connectivity index (χ3v) is 4.96. The lowest BCUT2D eigenvalue weighted by Gasteiger charge is -2.33. The topological polar surface area (TPSA) is 58.3 Å². The molecule has 1 saturated heterocycles. The summed E-state index contributed by atoms with van der Waals surface area (Å²) < 4.78 is 5.80. The number of benzene rings is 1. The van der Waals surface area contributed by atoms with E-state index >= 15 is 0 Å². The highest BCUT2D eigenvalue weighted by Crippen LogP contribution is 2.19. The minimum absolute atomic E-state index is 0.678. The van der Waals surface area contributed by atoms with Crippen LogP contribution in [0.25, 0.3) is 0 Å². The zero-order valence-electron chi connectivity index (χ0n) is 13.3. The molecule has 0 spiro atoms. The fraction of sp³-hybridized carbons (Fsp3) is 0.353. The molecule has 24 heavy (non-hydrogen) atoms. The quantitative estimate of drug-likeness (QED) is 0.710. The summed E-state index contributed by atoms with van der Waals surface area (Å²) in [4.78, 5) is 9.06. The number of nitrogens with zero attached hydrogens (tertiary/aromatic N) is 5. The molecule has 7 heteroatoms. The first-order valence-electron chi connectivity index (χ1n) is 8.09. The van der Waals surface area contributed by atoms with Gasteiger partial charge in [0.05, 0.1) is 13.0 Å². The summed E-state index contributed by atoms with van der Waals surface area (Å²) >= 11 is 1.69. The van der Waals surface area contributed by atoms with Gasteiger partial charge in [-0.05, 0) is 5.56 Å². The second kappa shape index (κ2) is 7.11. The van der Waals surface area contributed by atoms with E-state index in [9.17, 15) is 0 Å². The van der Waals surface area contributed by atoms with Crippen LogP contribution in [0.15, 0.2) is 46.3 Å². The number of thiazole rings is 1. The van der Waals surface area contributed by atoms with Crippen LogP contribution in [0.3, 0.4) is 0 Å². The van der Waals surface area contributed by atoms with E-state index in [1.165, 1.54) is 5.56 Å². The molecule has 0 N–H and O–H groups in total. The van der Waals surface area contributed by atoms with Crippen LogP contribution < -0.4 is 4.90 Å². The number of rotatable bonds is 5. The summed E-state index contributed by atoms with van der Waals surface area (Å²) in [7, 11) is 0. The summed E-state index contributed by atoms with van der Waals surface area (Å²) in [5, 5.41) is 11.5.